The van der Waals surface area contributed by atoms with Crippen molar-refractivity contribution in [2.24, 2.45) is 0 Å². The number of nitrogens with one attached hydrogen (secondary N) is 1. The van der Waals surface area contributed by atoms with E-state index in [0.29, 0.717) is 17.7 Å². The van der Waals surface area contributed by atoms with Gasteiger partial charge in [-0.3, -0.25) is 0 Å². The van der Waals surface area contributed by atoms with Crippen molar-refractivity contribution in [3.8, 4) is 12.1 Å². The summed E-state index contributed by atoms with van der Waals surface area (Å²) in [6.07, 6.45) is 0. The first-order chi connectivity index (χ1) is 7.71. The highest BCUT2D eigenvalue weighted by Gasteiger charge is 2.05. The van der Waals surface area contributed by atoms with Crippen molar-refractivity contribution in [3.63, 3.8) is 0 Å². The Morgan fingerprint density at radius 2 is 2.00 bits per heavy atom. The molecule has 0 aliphatic carbocycles. The molecule has 0 amide bonds. The lowest BCUT2D eigenvalue weighted by Gasteiger charge is -2.14. The van der Waals surface area contributed by atoms with Gasteiger partial charge in [-0.15, -0.1) is 0 Å². The second-order valence-electron chi connectivity index (χ2n) is 3.48. The van der Waals surface area contributed by atoms with E-state index in [1.807, 2.05) is 19.1 Å². The summed E-state index contributed by atoms with van der Waals surface area (Å²) in [4.78, 5) is 0. The van der Waals surface area contributed by atoms with Crippen LogP contribution in [0.25, 0.3) is 0 Å². The van der Waals surface area contributed by atoms with Crippen molar-refractivity contribution >= 4 is 5.69 Å². The van der Waals surface area contributed by atoms with Crippen LogP contribution in [0.4, 0.5) is 5.69 Å². The molecule has 1 aromatic rings. The maximum Gasteiger partial charge on any atom is 0.101 e. The lowest BCUT2D eigenvalue weighted by Crippen LogP contribution is -2.20. The highest BCUT2D eigenvalue weighted by Crippen LogP contribution is 2.15. The van der Waals surface area contributed by atoms with Crippen LogP contribution in [0.2, 0.25) is 0 Å². The molecule has 0 saturated heterocycles. The second kappa shape index (κ2) is 5.75. The van der Waals surface area contributed by atoms with Crippen molar-refractivity contribution in [1.29, 1.82) is 10.5 Å². The Morgan fingerprint density at radius 1 is 1.31 bits per heavy atom. The lowest BCUT2D eigenvalue weighted by molar-refractivity contribution is 0.190. The zero-order chi connectivity index (χ0) is 12.0. The molecule has 1 unspecified atom stereocenters. The van der Waals surface area contributed by atoms with Crippen LogP contribution >= 0.6 is 0 Å². The van der Waals surface area contributed by atoms with Crippen LogP contribution in [-0.2, 0) is 4.74 Å². The van der Waals surface area contributed by atoms with Crippen LogP contribution in [0.3, 0.4) is 0 Å². The van der Waals surface area contributed by atoms with Gasteiger partial charge in [0, 0.05) is 18.8 Å². The topological polar surface area (TPSA) is 68.8 Å². The zero-order valence-electron chi connectivity index (χ0n) is 9.32. The Labute approximate surface area is 95.1 Å². The molecule has 0 heterocycles. The fourth-order valence-corrected chi connectivity index (χ4v) is 1.40. The quantitative estimate of drug-likeness (QED) is 0.832. The molecule has 4 nitrogen and oxygen atoms in total. The van der Waals surface area contributed by atoms with Crippen molar-refractivity contribution in [2.45, 2.75) is 13.0 Å². The predicted octanol–water partition coefficient (Wildman–Crippen LogP) is 1.88. The lowest BCUT2D eigenvalue weighted by atomic mass is 10.1. The molecule has 1 aromatic carbocycles. The van der Waals surface area contributed by atoms with Gasteiger partial charge in [-0.1, -0.05) is 0 Å². The number of rotatable bonds is 4. The highest BCUT2D eigenvalue weighted by atomic mass is 16.5. The number of nitrogens with zero attached hydrogens (tertiary/aromatic N) is 2. The SMILES string of the molecule is COCC(C)Nc1ccc(C#N)c(C#N)c1. The van der Waals surface area contributed by atoms with Gasteiger partial charge < -0.3 is 10.1 Å². The van der Waals surface area contributed by atoms with Gasteiger partial charge in [0.2, 0.25) is 0 Å². The standard InChI is InChI=1S/C12H13N3O/c1-9(8-16-2)15-12-4-3-10(6-13)11(5-12)7-14/h3-5,9,15H,8H2,1-2H3. The number of anilines is 1. The van der Waals surface area contributed by atoms with Gasteiger partial charge >= 0.3 is 0 Å². The number of hydrogen-bond donors (Lipinski definition) is 1. The molecule has 1 rings (SSSR count). The molecule has 0 spiro atoms. The Balaban J connectivity index is 2.85. The third-order valence-corrected chi connectivity index (χ3v) is 2.09. The molecular weight excluding hydrogens is 202 g/mol. The number of benzene rings is 1. The number of ether oxygens (including phenoxy) is 1. The molecular formula is C12H13N3O. The van der Waals surface area contributed by atoms with E-state index < -0.39 is 0 Å². The summed E-state index contributed by atoms with van der Waals surface area (Å²) in [7, 11) is 1.64. The average Bonchev–Trinajstić information content (AvgIpc) is 2.29. The molecule has 0 aliphatic rings. The number of hydrogen-bond acceptors (Lipinski definition) is 4. The van der Waals surface area contributed by atoms with E-state index in [2.05, 4.69) is 5.32 Å². The maximum atomic E-state index is 8.86. The van der Waals surface area contributed by atoms with Crippen LogP contribution in [0, 0.1) is 22.7 Å². The van der Waals surface area contributed by atoms with E-state index >= 15 is 0 Å². The van der Waals surface area contributed by atoms with Gasteiger partial charge in [-0.05, 0) is 25.1 Å². The van der Waals surface area contributed by atoms with Gasteiger partial charge in [0.1, 0.15) is 12.1 Å². The van der Waals surface area contributed by atoms with E-state index in [-0.39, 0.29) is 6.04 Å². The second-order valence-corrected chi connectivity index (χ2v) is 3.48. The molecule has 82 valence electrons. The molecule has 0 fully saturated rings. The highest BCUT2D eigenvalue weighted by molar-refractivity contribution is 5.56. The van der Waals surface area contributed by atoms with Crippen LogP contribution < -0.4 is 5.32 Å². The Kier molecular flexibility index (Phi) is 4.32. The first-order valence-corrected chi connectivity index (χ1v) is 4.91. The minimum Gasteiger partial charge on any atom is -0.383 e. The normalized spacial score (nSPS) is 11.2. The van der Waals surface area contributed by atoms with E-state index in [1.165, 1.54) is 0 Å². The van der Waals surface area contributed by atoms with Crippen LogP contribution in [0.15, 0.2) is 18.2 Å². The fraction of sp³-hybridized carbons (Fsp3) is 0.333. The van der Waals surface area contributed by atoms with Gasteiger partial charge in [0.05, 0.1) is 17.7 Å². The molecule has 0 bridgehead atoms. The Hall–Kier alpha value is -2.04. The molecule has 0 radical (unpaired) electrons. The summed E-state index contributed by atoms with van der Waals surface area (Å²) in [5.74, 6) is 0. The summed E-state index contributed by atoms with van der Waals surface area (Å²) < 4.78 is 5.00. The summed E-state index contributed by atoms with van der Waals surface area (Å²) in [6, 6.07) is 9.23. The first-order valence-electron chi connectivity index (χ1n) is 4.91. The Bertz CT molecular complexity index is 443. The number of methoxy groups -OCH3 is 1. The van der Waals surface area contributed by atoms with Crippen molar-refractivity contribution in [3.05, 3.63) is 29.3 Å². The average molecular weight is 215 g/mol. The maximum absolute atomic E-state index is 8.86. The summed E-state index contributed by atoms with van der Waals surface area (Å²) in [5.41, 5.74) is 1.60. The largest absolute Gasteiger partial charge is 0.383 e. The van der Waals surface area contributed by atoms with Gasteiger partial charge in [0.15, 0.2) is 0 Å². The predicted molar refractivity (Wildman–Crippen MR) is 60.8 cm³/mol. The minimum absolute atomic E-state index is 0.157. The first kappa shape index (κ1) is 12.0. The molecule has 1 atom stereocenters. The zero-order valence-corrected chi connectivity index (χ0v) is 9.32. The monoisotopic (exact) mass is 215 g/mol. The molecule has 0 aromatic heterocycles. The van der Waals surface area contributed by atoms with Gasteiger partial charge in [-0.2, -0.15) is 10.5 Å². The fourth-order valence-electron chi connectivity index (χ4n) is 1.40. The van der Waals surface area contributed by atoms with Crippen LogP contribution in [-0.4, -0.2) is 19.8 Å². The molecule has 1 N–H and O–H groups in total. The van der Waals surface area contributed by atoms with E-state index in [1.54, 1.807) is 25.3 Å². The van der Waals surface area contributed by atoms with E-state index in [4.69, 9.17) is 15.3 Å². The molecule has 0 saturated carbocycles. The van der Waals surface area contributed by atoms with Gasteiger partial charge in [-0.25, -0.2) is 0 Å². The molecule has 0 aliphatic heterocycles. The number of nitriles is 2. The van der Waals surface area contributed by atoms with Gasteiger partial charge in [0.25, 0.3) is 0 Å². The van der Waals surface area contributed by atoms with Crippen molar-refractivity contribution in [1.82, 2.24) is 0 Å². The third kappa shape index (κ3) is 2.98. The van der Waals surface area contributed by atoms with E-state index in [9.17, 15) is 0 Å². The van der Waals surface area contributed by atoms with Crippen LogP contribution in [0.5, 0.6) is 0 Å². The minimum atomic E-state index is 0.157. The molecule has 4 heteroatoms. The summed E-state index contributed by atoms with van der Waals surface area (Å²) >= 11 is 0. The smallest absolute Gasteiger partial charge is 0.101 e. The summed E-state index contributed by atoms with van der Waals surface area (Å²) in [5, 5.41) is 20.8. The summed E-state index contributed by atoms with van der Waals surface area (Å²) in [6.45, 7) is 2.57. The molecule has 16 heavy (non-hydrogen) atoms. The van der Waals surface area contributed by atoms with Crippen LogP contribution in [0.1, 0.15) is 18.1 Å². The Morgan fingerprint density at radius 3 is 2.56 bits per heavy atom. The van der Waals surface area contributed by atoms with Crippen molar-refractivity contribution in [2.75, 3.05) is 19.0 Å². The third-order valence-electron chi connectivity index (χ3n) is 2.09. The van der Waals surface area contributed by atoms with E-state index in [0.717, 1.165) is 5.69 Å². The van der Waals surface area contributed by atoms with Crippen molar-refractivity contribution < 1.29 is 4.74 Å².